The van der Waals surface area contributed by atoms with Crippen LogP contribution in [0.3, 0.4) is 0 Å². The molecule has 1 aliphatic heterocycles. The number of hydrogen-bond donors (Lipinski definition) is 1. The second-order valence-corrected chi connectivity index (χ2v) is 4.97. The summed E-state index contributed by atoms with van der Waals surface area (Å²) < 4.78 is 19.6. The van der Waals surface area contributed by atoms with Crippen molar-refractivity contribution >= 4 is 15.9 Å². The number of piperidine rings is 1. The zero-order chi connectivity index (χ0) is 11.5. The first-order valence-corrected chi connectivity index (χ1v) is 6.25. The predicted octanol–water partition coefficient (Wildman–Crippen LogP) is 3.06. The van der Waals surface area contributed by atoms with E-state index in [1.807, 2.05) is 6.07 Å². The molecule has 0 bridgehead atoms. The predicted molar refractivity (Wildman–Crippen MR) is 65.5 cm³/mol. The molecular formula is C12H15BrFNO. The fourth-order valence-electron chi connectivity index (χ4n) is 2.22. The van der Waals surface area contributed by atoms with Gasteiger partial charge < -0.3 is 10.1 Å². The molecule has 0 saturated carbocycles. The van der Waals surface area contributed by atoms with E-state index in [4.69, 9.17) is 4.74 Å². The zero-order valence-electron chi connectivity index (χ0n) is 9.22. The van der Waals surface area contributed by atoms with Crippen LogP contribution in [0.5, 0.6) is 5.75 Å². The summed E-state index contributed by atoms with van der Waals surface area (Å²) >= 11 is 3.33. The van der Waals surface area contributed by atoms with Crippen molar-refractivity contribution < 1.29 is 9.13 Å². The molecule has 1 unspecified atom stereocenters. The van der Waals surface area contributed by atoms with E-state index < -0.39 is 0 Å². The first-order valence-electron chi connectivity index (χ1n) is 5.46. The van der Waals surface area contributed by atoms with Crippen LogP contribution in [-0.4, -0.2) is 20.2 Å². The Labute approximate surface area is 103 Å². The standard InChI is InChI=1S/C12H15BrFNO/c1-16-12-10(5-9(13)6-11(12)14)8-3-2-4-15-7-8/h5-6,8,15H,2-4,7H2,1H3. The summed E-state index contributed by atoms with van der Waals surface area (Å²) in [5.74, 6) is 0.435. The van der Waals surface area contributed by atoms with Crippen molar-refractivity contribution in [2.24, 2.45) is 0 Å². The fraction of sp³-hybridized carbons (Fsp3) is 0.500. The largest absolute Gasteiger partial charge is 0.493 e. The molecule has 0 aromatic heterocycles. The average Bonchev–Trinajstić information content (AvgIpc) is 2.29. The Morgan fingerprint density at radius 1 is 1.50 bits per heavy atom. The highest BCUT2D eigenvalue weighted by Gasteiger charge is 2.21. The third kappa shape index (κ3) is 2.38. The second kappa shape index (κ2) is 5.15. The fourth-order valence-corrected chi connectivity index (χ4v) is 2.66. The molecule has 4 heteroatoms. The van der Waals surface area contributed by atoms with Gasteiger partial charge in [0.2, 0.25) is 0 Å². The highest BCUT2D eigenvalue weighted by atomic mass is 79.9. The van der Waals surface area contributed by atoms with Gasteiger partial charge in [0.1, 0.15) is 0 Å². The normalized spacial score (nSPS) is 20.8. The SMILES string of the molecule is COc1c(F)cc(Br)cc1C1CCCNC1. The molecule has 1 aliphatic rings. The Kier molecular flexibility index (Phi) is 3.82. The van der Waals surface area contributed by atoms with Crippen LogP contribution in [0.25, 0.3) is 0 Å². The summed E-state index contributed by atoms with van der Waals surface area (Å²) in [5.41, 5.74) is 0.960. The summed E-state index contributed by atoms with van der Waals surface area (Å²) in [7, 11) is 1.52. The quantitative estimate of drug-likeness (QED) is 0.903. The summed E-state index contributed by atoms with van der Waals surface area (Å²) in [5, 5.41) is 3.33. The molecule has 1 N–H and O–H groups in total. The molecule has 1 aromatic carbocycles. The zero-order valence-corrected chi connectivity index (χ0v) is 10.8. The maximum atomic E-state index is 13.7. The van der Waals surface area contributed by atoms with Crippen LogP contribution in [0.1, 0.15) is 24.3 Å². The van der Waals surface area contributed by atoms with E-state index in [0.29, 0.717) is 11.7 Å². The van der Waals surface area contributed by atoms with Gasteiger partial charge in [-0.25, -0.2) is 4.39 Å². The van der Waals surface area contributed by atoms with Crippen molar-refractivity contribution in [1.29, 1.82) is 0 Å². The topological polar surface area (TPSA) is 21.3 Å². The lowest BCUT2D eigenvalue weighted by Crippen LogP contribution is -2.28. The van der Waals surface area contributed by atoms with Crippen LogP contribution in [0.4, 0.5) is 4.39 Å². The summed E-state index contributed by atoms with van der Waals surface area (Å²) in [6, 6.07) is 3.40. The average molecular weight is 288 g/mol. The van der Waals surface area contributed by atoms with Crippen molar-refractivity contribution in [2.45, 2.75) is 18.8 Å². The van der Waals surface area contributed by atoms with Gasteiger partial charge in [0.25, 0.3) is 0 Å². The number of nitrogens with one attached hydrogen (secondary N) is 1. The maximum absolute atomic E-state index is 13.7. The summed E-state index contributed by atoms with van der Waals surface area (Å²) in [4.78, 5) is 0. The Morgan fingerprint density at radius 3 is 2.94 bits per heavy atom. The van der Waals surface area contributed by atoms with Gasteiger partial charge >= 0.3 is 0 Å². The number of benzene rings is 1. The van der Waals surface area contributed by atoms with Gasteiger partial charge in [0.05, 0.1) is 7.11 Å². The van der Waals surface area contributed by atoms with E-state index in [-0.39, 0.29) is 5.82 Å². The van der Waals surface area contributed by atoms with E-state index >= 15 is 0 Å². The third-order valence-electron chi connectivity index (χ3n) is 2.98. The minimum Gasteiger partial charge on any atom is -0.493 e. The first kappa shape index (κ1) is 11.9. The highest BCUT2D eigenvalue weighted by molar-refractivity contribution is 9.10. The lowest BCUT2D eigenvalue weighted by molar-refractivity contribution is 0.368. The lowest BCUT2D eigenvalue weighted by Gasteiger charge is -2.25. The van der Waals surface area contributed by atoms with Crippen molar-refractivity contribution in [3.8, 4) is 5.75 Å². The van der Waals surface area contributed by atoms with E-state index in [1.165, 1.54) is 13.2 Å². The molecule has 2 rings (SSSR count). The maximum Gasteiger partial charge on any atom is 0.166 e. The van der Waals surface area contributed by atoms with Crippen molar-refractivity contribution in [3.63, 3.8) is 0 Å². The highest BCUT2D eigenvalue weighted by Crippen LogP contribution is 2.35. The van der Waals surface area contributed by atoms with Gasteiger partial charge in [-0.3, -0.25) is 0 Å². The molecule has 1 saturated heterocycles. The van der Waals surface area contributed by atoms with Crippen molar-refractivity contribution in [2.75, 3.05) is 20.2 Å². The van der Waals surface area contributed by atoms with Crippen LogP contribution in [0.2, 0.25) is 0 Å². The van der Waals surface area contributed by atoms with Gasteiger partial charge in [-0.1, -0.05) is 15.9 Å². The van der Waals surface area contributed by atoms with Gasteiger partial charge in [-0.15, -0.1) is 0 Å². The Balaban J connectivity index is 2.36. The number of hydrogen-bond acceptors (Lipinski definition) is 2. The molecule has 0 radical (unpaired) electrons. The van der Waals surface area contributed by atoms with Crippen molar-refractivity contribution in [1.82, 2.24) is 5.32 Å². The molecular weight excluding hydrogens is 273 g/mol. The molecule has 0 aliphatic carbocycles. The van der Waals surface area contributed by atoms with E-state index in [0.717, 1.165) is 36.0 Å². The monoisotopic (exact) mass is 287 g/mol. The van der Waals surface area contributed by atoms with E-state index in [9.17, 15) is 4.39 Å². The van der Waals surface area contributed by atoms with E-state index in [1.54, 1.807) is 0 Å². The van der Waals surface area contributed by atoms with Crippen LogP contribution >= 0.6 is 15.9 Å². The van der Waals surface area contributed by atoms with Crippen LogP contribution in [0.15, 0.2) is 16.6 Å². The summed E-state index contributed by atoms with van der Waals surface area (Å²) in [6.07, 6.45) is 2.21. The van der Waals surface area contributed by atoms with Gasteiger partial charge in [0, 0.05) is 22.5 Å². The first-order chi connectivity index (χ1) is 7.72. The molecule has 2 nitrogen and oxygen atoms in total. The minimum absolute atomic E-state index is 0.294. The molecule has 1 heterocycles. The smallest absolute Gasteiger partial charge is 0.166 e. The number of ether oxygens (including phenoxy) is 1. The molecule has 1 aromatic rings. The van der Waals surface area contributed by atoms with Crippen molar-refractivity contribution in [3.05, 3.63) is 28.0 Å². The molecule has 0 amide bonds. The third-order valence-corrected chi connectivity index (χ3v) is 3.44. The molecule has 1 fully saturated rings. The van der Waals surface area contributed by atoms with Gasteiger partial charge in [-0.05, 0) is 31.5 Å². The Morgan fingerprint density at radius 2 is 2.31 bits per heavy atom. The Bertz CT molecular complexity index is 378. The minimum atomic E-state index is -0.294. The molecule has 0 spiro atoms. The number of methoxy groups -OCH3 is 1. The van der Waals surface area contributed by atoms with Crippen LogP contribution < -0.4 is 10.1 Å². The van der Waals surface area contributed by atoms with Crippen LogP contribution in [-0.2, 0) is 0 Å². The molecule has 1 atom stereocenters. The Hall–Kier alpha value is -0.610. The van der Waals surface area contributed by atoms with Gasteiger partial charge in [-0.2, -0.15) is 0 Å². The lowest BCUT2D eigenvalue weighted by atomic mass is 9.91. The second-order valence-electron chi connectivity index (χ2n) is 4.05. The molecule has 88 valence electrons. The number of halogens is 2. The van der Waals surface area contributed by atoms with E-state index in [2.05, 4.69) is 21.2 Å². The van der Waals surface area contributed by atoms with Gasteiger partial charge in [0.15, 0.2) is 11.6 Å². The number of rotatable bonds is 2. The molecule has 16 heavy (non-hydrogen) atoms. The summed E-state index contributed by atoms with van der Waals surface area (Å²) in [6.45, 7) is 1.95. The van der Waals surface area contributed by atoms with Crippen LogP contribution in [0, 0.1) is 5.82 Å².